The number of nitrogens with one attached hydrogen (secondary N) is 3. The highest BCUT2D eigenvalue weighted by atomic mass is 16.5. The van der Waals surface area contributed by atoms with Gasteiger partial charge in [0.15, 0.2) is 5.96 Å². The van der Waals surface area contributed by atoms with Crippen LogP contribution >= 0.6 is 0 Å². The summed E-state index contributed by atoms with van der Waals surface area (Å²) in [6.45, 7) is 8.84. The summed E-state index contributed by atoms with van der Waals surface area (Å²) in [4.78, 5) is 16.9. The number of rotatable bonds is 12. The van der Waals surface area contributed by atoms with Crippen LogP contribution in [0.5, 0.6) is 0 Å². The minimum absolute atomic E-state index is 0.0244. The van der Waals surface area contributed by atoms with Crippen molar-refractivity contribution in [3.63, 3.8) is 0 Å². The normalized spacial score (nSPS) is 15.9. The first-order valence-electron chi connectivity index (χ1n) is 11.1. The number of carbonyl (C=O) groups excluding carboxylic acids is 1. The molecule has 0 unspecified atom stereocenters. The highest BCUT2D eigenvalue weighted by Crippen LogP contribution is 2.41. The van der Waals surface area contributed by atoms with E-state index < -0.39 is 0 Å². The molecule has 29 heavy (non-hydrogen) atoms. The molecule has 1 aromatic rings. The third-order valence-corrected chi connectivity index (χ3v) is 5.53. The number of hydrogen-bond acceptors (Lipinski definition) is 3. The van der Waals surface area contributed by atoms with Gasteiger partial charge in [0.25, 0.3) is 5.91 Å². The fourth-order valence-corrected chi connectivity index (χ4v) is 3.82. The molecule has 0 radical (unpaired) electrons. The summed E-state index contributed by atoms with van der Waals surface area (Å²) in [5, 5.41) is 9.70. The third kappa shape index (κ3) is 8.44. The van der Waals surface area contributed by atoms with Crippen LogP contribution in [0.15, 0.2) is 35.3 Å². The molecule has 3 N–H and O–H groups in total. The van der Waals surface area contributed by atoms with E-state index in [-0.39, 0.29) is 5.91 Å². The number of aliphatic imine (C=N–C) groups is 1. The number of amides is 1. The van der Waals surface area contributed by atoms with Crippen molar-refractivity contribution in [2.45, 2.75) is 52.4 Å². The highest BCUT2D eigenvalue weighted by Gasteiger charge is 2.33. The number of hydrogen-bond donors (Lipinski definition) is 3. The van der Waals surface area contributed by atoms with Gasteiger partial charge in [0.05, 0.1) is 0 Å². The van der Waals surface area contributed by atoms with E-state index in [9.17, 15) is 4.79 Å². The Balaban J connectivity index is 1.74. The Morgan fingerprint density at radius 1 is 1.07 bits per heavy atom. The Morgan fingerprint density at radius 3 is 2.48 bits per heavy atom. The molecule has 0 bridgehead atoms. The van der Waals surface area contributed by atoms with Gasteiger partial charge >= 0.3 is 0 Å². The van der Waals surface area contributed by atoms with Crippen LogP contribution in [-0.4, -0.2) is 51.3 Å². The number of guanidine groups is 1. The minimum atomic E-state index is -0.0244. The predicted octanol–water partition coefficient (Wildman–Crippen LogP) is 3.35. The summed E-state index contributed by atoms with van der Waals surface area (Å²) >= 11 is 0. The number of carbonyl (C=O) groups is 1. The zero-order valence-electron chi connectivity index (χ0n) is 18.1. The van der Waals surface area contributed by atoms with Crippen molar-refractivity contribution in [1.82, 2.24) is 16.0 Å². The average Bonchev–Trinajstić information content (AvgIpc) is 3.21. The summed E-state index contributed by atoms with van der Waals surface area (Å²) in [5.41, 5.74) is 0.991. The van der Waals surface area contributed by atoms with E-state index in [1.807, 2.05) is 30.3 Å². The van der Waals surface area contributed by atoms with Gasteiger partial charge in [0.2, 0.25) is 0 Å². The first-order chi connectivity index (χ1) is 14.2. The van der Waals surface area contributed by atoms with Crippen LogP contribution in [-0.2, 0) is 4.74 Å². The van der Waals surface area contributed by atoms with Gasteiger partial charge in [-0.2, -0.15) is 0 Å². The Kier molecular flexibility index (Phi) is 10.6. The molecular weight excluding hydrogens is 364 g/mol. The van der Waals surface area contributed by atoms with Crippen LogP contribution in [0.25, 0.3) is 0 Å². The van der Waals surface area contributed by atoms with Gasteiger partial charge in [-0.3, -0.25) is 9.79 Å². The molecule has 1 aliphatic rings. The molecule has 0 heterocycles. The lowest BCUT2D eigenvalue weighted by molar-refractivity contribution is 0.0953. The van der Waals surface area contributed by atoms with Crippen LogP contribution in [0, 0.1) is 5.41 Å². The molecule has 1 aliphatic carbocycles. The monoisotopic (exact) mass is 402 g/mol. The van der Waals surface area contributed by atoms with Crippen molar-refractivity contribution in [1.29, 1.82) is 0 Å². The van der Waals surface area contributed by atoms with E-state index >= 15 is 0 Å². The quantitative estimate of drug-likeness (QED) is 0.285. The molecule has 0 aliphatic heterocycles. The van der Waals surface area contributed by atoms with Gasteiger partial charge < -0.3 is 20.7 Å². The van der Waals surface area contributed by atoms with Crippen molar-refractivity contribution in [2.75, 3.05) is 39.4 Å². The Bertz CT molecular complexity index is 613. The second-order valence-electron chi connectivity index (χ2n) is 7.75. The SMILES string of the molecule is CCNC(=NCC1(CCOCC)CCCC1)NCCCNC(=O)c1ccccc1. The van der Waals surface area contributed by atoms with E-state index in [1.54, 1.807) is 0 Å². The van der Waals surface area contributed by atoms with E-state index in [0.717, 1.165) is 51.6 Å². The number of ether oxygens (including phenoxy) is 1. The van der Waals surface area contributed by atoms with E-state index in [2.05, 4.69) is 29.8 Å². The lowest BCUT2D eigenvalue weighted by Gasteiger charge is -2.27. The Labute approximate surface area is 175 Å². The standard InChI is InChI=1S/C23H38N4O2/c1-3-24-22(27-19-23(13-8-9-14-23)15-18-29-4-2)26-17-10-16-25-21(28)20-11-6-5-7-12-20/h5-7,11-12H,3-4,8-10,13-19H2,1-2H3,(H,25,28)(H2,24,26,27). The van der Waals surface area contributed by atoms with Gasteiger partial charge in [-0.15, -0.1) is 0 Å². The predicted molar refractivity (Wildman–Crippen MR) is 119 cm³/mol. The Morgan fingerprint density at radius 2 is 1.79 bits per heavy atom. The fraction of sp³-hybridized carbons (Fsp3) is 0.652. The van der Waals surface area contributed by atoms with Crippen LogP contribution in [0.4, 0.5) is 0 Å². The zero-order chi connectivity index (χ0) is 20.8. The molecule has 0 spiro atoms. The average molecular weight is 403 g/mol. The maximum Gasteiger partial charge on any atom is 0.251 e. The molecule has 0 saturated heterocycles. The zero-order valence-corrected chi connectivity index (χ0v) is 18.1. The molecule has 0 atom stereocenters. The molecule has 2 rings (SSSR count). The maximum absolute atomic E-state index is 12.1. The lowest BCUT2D eigenvalue weighted by Crippen LogP contribution is -2.39. The molecule has 0 aromatic heterocycles. The summed E-state index contributed by atoms with van der Waals surface area (Å²) < 4.78 is 5.60. The van der Waals surface area contributed by atoms with Gasteiger partial charge in [-0.25, -0.2) is 0 Å². The first-order valence-corrected chi connectivity index (χ1v) is 11.1. The molecule has 1 saturated carbocycles. The van der Waals surface area contributed by atoms with Gasteiger partial charge in [0.1, 0.15) is 0 Å². The molecule has 1 amide bonds. The van der Waals surface area contributed by atoms with Crippen LogP contribution < -0.4 is 16.0 Å². The summed E-state index contributed by atoms with van der Waals surface area (Å²) in [5.74, 6) is 0.841. The van der Waals surface area contributed by atoms with Crippen molar-refractivity contribution < 1.29 is 9.53 Å². The van der Waals surface area contributed by atoms with Gasteiger partial charge in [-0.1, -0.05) is 31.0 Å². The maximum atomic E-state index is 12.1. The largest absolute Gasteiger partial charge is 0.382 e. The Hall–Kier alpha value is -2.08. The van der Waals surface area contributed by atoms with Crippen LogP contribution in [0.2, 0.25) is 0 Å². The van der Waals surface area contributed by atoms with E-state index in [4.69, 9.17) is 9.73 Å². The van der Waals surface area contributed by atoms with Crippen molar-refractivity contribution in [3.05, 3.63) is 35.9 Å². The van der Waals surface area contributed by atoms with E-state index in [1.165, 1.54) is 25.7 Å². The van der Waals surface area contributed by atoms with Crippen molar-refractivity contribution in [2.24, 2.45) is 10.4 Å². The van der Waals surface area contributed by atoms with Crippen molar-refractivity contribution >= 4 is 11.9 Å². The van der Waals surface area contributed by atoms with Crippen LogP contribution in [0.1, 0.15) is 62.7 Å². The highest BCUT2D eigenvalue weighted by molar-refractivity contribution is 5.94. The van der Waals surface area contributed by atoms with Crippen LogP contribution in [0.3, 0.4) is 0 Å². The summed E-state index contributed by atoms with van der Waals surface area (Å²) in [7, 11) is 0. The molecule has 6 nitrogen and oxygen atoms in total. The van der Waals surface area contributed by atoms with Crippen molar-refractivity contribution in [3.8, 4) is 0 Å². The summed E-state index contributed by atoms with van der Waals surface area (Å²) in [6, 6.07) is 9.32. The minimum Gasteiger partial charge on any atom is -0.382 e. The second kappa shape index (κ2) is 13.2. The third-order valence-electron chi connectivity index (χ3n) is 5.53. The van der Waals surface area contributed by atoms with Gasteiger partial charge in [0, 0.05) is 45.0 Å². The number of nitrogens with zero attached hydrogens (tertiary/aromatic N) is 1. The summed E-state index contributed by atoms with van der Waals surface area (Å²) in [6.07, 6.45) is 7.02. The molecule has 162 valence electrons. The smallest absolute Gasteiger partial charge is 0.251 e. The second-order valence-corrected chi connectivity index (χ2v) is 7.75. The first kappa shape index (κ1) is 23.2. The molecule has 1 aromatic carbocycles. The molecular formula is C23H38N4O2. The molecule has 1 fully saturated rings. The fourth-order valence-electron chi connectivity index (χ4n) is 3.82. The number of benzene rings is 1. The topological polar surface area (TPSA) is 74.8 Å². The van der Waals surface area contributed by atoms with E-state index in [0.29, 0.717) is 17.5 Å². The van der Waals surface area contributed by atoms with Gasteiger partial charge in [-0.05, 0) is 57.1 Å². The lowest BCUT2D eigenvalue weighted by atomic mass is 9.83. The molecule has 6 heteroatoms.